The number of ether oxygens (including phenoxy) is 2. The lowest BCUT2D eigenvalue weighted by Crippen LogP contribution is -2.24. The van der Waals surface area contributed by atoms with Gasteiger partial charge in [0.15, 0.2) is 11.5 Å². The number of hydrogen-bond donors (Lipinski definition) is 1. The molecule has 2 aromatic carbocycles. The molecule has 1 heterocycles. The summed E-state index contributed by atoms with van der Waals surface area (Å²) in [6.07, 6.45) is 0. The third kappa shape index (κ3) is 3.39. The molecule has 3 rings (SSSR count). The Labute approximate surface area is 129 Å². The number of rotatable bonds is 2. The van der Waals surface area contributed by atoms with Crippen LogP contribution in [0, 0.1) is 11.8 Å². The van der Waals surface area contributed by atoms with Crippen LogP contribution < -0.4 is 14.8 Å². The summed E-state index contributed by atoms with van der Waals surface area (Å²) in [6, 6.07) is 14.8. The highest BCUT2D eigenvalue weighted by molar-refractivity contribution is 5.95. The van der Waals surface area contributed by atoms with Crippen molar-refractivity contribution in [3.05, 3.63) is 59.7 Å². The fourth-order valence-electron chi connectivity index (χ4n) is 2.08. The van der Waals surface area contributed by atoms with Gasteiger partial charge in [-0.05, 0) is 30.3 Å². The predicted molar refractivity (Wildman–Crippen MR) is 83.1 cm³/mol. The van der Waals surface area contributed by atoms with Crippen LogP contribution in [0.15, 0.2) is 48.5 Å². The first-order valence-corrected chi connectivity index (χ1v) is 7.05. The van der Waals surface area contributed by atoms with E-state index in [4.69, 9.17) is 9.47 Å². The zero-order valence-electron chi connectivity index (χ0n) is 12.0. The fraction of sp³-hybridized carbons (Fsp3) is 0.167. The van der Waals surface area contributed by atoms with Crippen molar-refractivity contribution in [2.24, 2.45) is 0 Å². The summed E-state index contributed by atoms with van der Waals surface area (Å²) in [5.74, 6) is 7.02. The molecule has 0 atom stereocenters. The van der Waals surface area contributed by atoms with Crippen molar-refractivity contribution < 1.29 is 14.3 Å². The Balaban J connectivity index is 1.59. The van der Waals surface area contributed by atoms with Crippen molar-refractivity contribution in [1.82, 2.24) is 5.32 Å². The molecule has 4 heteroatoms. The number of nitrogens with one attached hydrogen (secondary N) is 1. The molecule has 0 saturated carbocycles. The van der Waals surface area contributed by atoms with Crippen LogP contribution in [0.2, 0.25) is 0 Å². The molecule has 0 spiro atoms. The third-order valence-corrected chi connectivity index (χ3v) is 3.15. The number of hydrogen-bond acceptors (Lipinski definition) is 3. The van der Waals surface area contributed by atoms with Crippen molar-refractivity contribution in [3.8, 4) is 23.3 Å². The molecule has 0 unspecified atom stereocenters. The van der Waals surface area contributed by atoms with Crippen LogP contribution in [0.4, 0.5) is 0 Å². The zero-order chi connectivity index (χ0) is 15.2. The maximum Gasteiger partial charge on any atom is 0.252 e. The Bertz CT molecular complexity index is 729. The van der Waals surface area contributed by atoms with Crippen molar-refractivity contribution in [1.29, 1.82) is 0 Å². The highest BCUT2D eigenvalue weighted by Gasteiger charge is 2.14. The van der Waals surface area contributed by atoms with Gasteiger partial charge in [0.2, 0.25) is 0 Å². The van der Waals surface area contributed by atoms with Gasteiger partial charge in [0, 0.05) is 11.1 Å². The van der Waals surface area contributed by atoms with Crippen LogP contribution in [0.1, 0.15) is 15.9 Å². The van der Waals surface area contributed by atoms with Crippen LogP contribution in [-0.4, -0.2) is 25.7 Å². The average Bonchev–Trinajstić information content (AvgIpc) is 2.59. The summed E-state index contributed by atoms with van der Waals surface area (Å²) in [5.41, 5.74) is 1.46. The second-order valence-electron chi connectivity index (χ2n) is 4.71. The number of carbonyl (C=O) groups is 1. The molecule has 0 aromatic heterocycles. The van der Waals surface area contributed by atoms with Crippen molar-refractivity contribution in [2.45, 2.75) is 0 Å². The van der Waals surface area contributed by atoms with E-state index >= 15 is 0 Å². The molecule has 1 aliphatic heterocycles. The molecule has 1 amide bonds. The smallest absolute Gasteiger partial charge is 0.252 e. The van der Waals surface area contributed by atoms with Crippen LogP contribution in [0.25, 0.3) is 0 Å². The summed E-state index contributed by atoms with van der Waals surface area (Å²) in [7, 11) is 0. The lowest BCUT2D eigenvalue weighted by molar-refractivity contribution is 0.0957. The van der Waals surface area contributed by atoms with Gasteiger partial charge in [0.05, 0.1) is 6.54 Å². The number of amides is 1. The minimum absolute atomic E-state index is 0.181. The highest BCUT2D eigenvalue weighted by atomic mass is 16.6. The Morgan fingerprint density at radius 1 is 1.05 bits per heavy atom. The van der Waals surface area contributed by atoms with E-state index in [9.17, 15) is 4.79 Å². The Morgan fingerprint density at radius 3 is 2.64 bits per heavy atom. The van der Waals surface area contributed by atoms with Crippen LogP contribution >= 0.6 is 0 Å². The molecule has 1 N–H and O–H groups in total. The van der Waals surface area contributed by atoms with Crippen molar-refractivity contribution in [3.63, 3.8) is 0 Å². The normalized spacial score (nSPS) is 12.0. The van der Waals surface area contributed by atoms with Gasteiger partial charge in [0.1, 0.15) is 13.2 Å². The van der Waals surface area contributed by atoms with E-state index in [-0.39, 0.29) is 5.91 Å². The monoisotopic (exact) mass is 293 g/mol. The van der Waals surface area contributed by atoms with E-state index in [2.05, 4.69) is 17.2 Å². The van der Waals surface area contributed by atoms with Gasteiger partial charge in [-0.3, -0.25) is 4.79 Å². The Morgan fingerprint density at radius 2 is 1.82 bits per heavy atom. The first-order valence-electron chi connectivity index (χ1n) is 7.05. The molecule has 0 fully saturated rings. The third-order valence-electron chi connectivity index (χ3n) is 3.15. The van der Waals surface area contributed by atoms with Gasteiger partial charge in [-0.15, -0.1) is 0 Å². The standard InChI is InChI=1S/C18H15NO3/c20-18(19-10-4-7-14-5-2-1-3-6-14)15-8-9-16-17(13-15)22-12-11-21-16/h1-3,5-6,8-9,13H,10-12H2,(H,19,20). The van der Waals surface area contributed by atoms with E-state index in [0.717, 1.165) is 5.56 Å². The molecule has 2 aromatic rings. The Hall–Kier alpha value is -2.93. The molecule has 4 nitrogen and oxygen atoms in total. The Kier molecular flexibility index (Phi) is 4.26. The molecule has 0 bridgehead atoms. The zero-order valence-corrected chi connectivity index (χ0v) is 12.0. The molecule has 0 saturated heterocycles. The summed E-state index contributed by atoms with van der Waals surface area (Å²) in [6.45, 7) is 1.33. The topological polar surface area (TPSA) is 47.6 Å². The minimum Gasteiger partial charge on any atom is -0.486 e. The summed E-state index contributed by atoms with van der Waals surface area (Å²) >= 11 is 0. The predicted octanol–water partition coefficient (Wildman–Crippen LogP) is 2.24. The molecule has 22 heavy (non-hydrogen) atoms. The SMILES string of the molecule is O=C(NCC#Cc1ccccc1)c1ccc2c(c1)OCCO2. The molecular formula is C18H15NO3. The largest absolute Gasteiger partial charge is 0.486 e. The van der Waals surface area contributed by atoms with Crippen LogP contribution in [0.5, 0.6) is 11.5 Å². The molecule has 0 aliphatic carbocycles. The number of carbonyl (C=O) groups excluding carboxylic acids is 1. The van der Waals surface area contributed by atoms with E-state index in [1.54, 1.807) is 18.2 Å². The van der Waals surface area contributed by atoms with E-state index in [1.807, 2.05) is 30.3 Å². The van der Waals surface area contributed by atoms with Crippen LogP contribution in [0.3, 0.4) is 0 Å². The van der Waals surface area contributed by atoms with E-state index in [1.165, 1.54) is 0 Å². The molecule has 1 aliphatic rings. The molecular weight excluding hydrogens is 278 g/mol. The lowest BCUT2D eigenvalue weighted by Gasteiger charge is -2.18. The molecule has 110 valence electrons. The van der Waals surface area contributed by atoms with Gasteiger partial charge in [-0.25, -0.2) is 0 Å². The quantitative estimate of drug-likeness (QED) is 0.864. The van der Waals surface area contributed by atoms with Gasteiger partial charge in [-0.2, -0.15) is 0 Å². The van der Waals surface area contributed by atoms with Gasteiger partial charge >= 0.3 is 0 Å². The van der Waals surface area contributed by atoms with Crippen molar-refractivity contribution in [2.75, 3.05) is 19.8 Å². The van der Waals surface area contributed by atoms with Gasteiger partial charge in [0.25, 0.3) is 5.91 Å². The highest BCUT2D eigenvalue weighted by Crippen LogP contribution is 2.30. The van der Waals surface area contributed by atoms with E-state index in [0.29, 0.717) is 36.8 Å². The second kappa shape index (κ2) is 6.68. The maximum absolute atomic E-state index is 12.1. The summed E-state index contributed by atoms with van der Waals surface area (Å²) in [4.78, 5) is 12.1. The van der Waals surface area contributed by atoms with Gasteiger partial charge < -0.3 is 14.8 Å². The van der Waals surface area contributed by atoms with Gasteiger partial charge in [-0.1, -0.05) is 30.0 Å². The first kappa shape index (κ1) is 14.0. The van der Waals surface area contributed by atoms with Crippen molar-refractivity contribution >= 4 is 5.91 Å². The lowest BCUT2D eigenvalue weighted by atomic mass is 10.2. The van der Waals surface area contributed by atoms with E-state index < -0.39 is 0 Å². The first-order chi connectivity index (χ1) is 10.8. The number of benzene rings is 2. The minimum atomic E-state index is -0.181. The maximum atomic E-state index is 12.1. The van der Waals surface area contributed by atoms with Crippen LogP contribution in [-0.2, 0) is 0 Å². The molecule has 0 radical (unpaired) electrons. The fourth-order valence-corrected chi connectivity index (χ4v) is 2.08. The average molecular weight is 293 g/mol. The summed E-state index contributed by atoms with van der Waals surface area (Å²) < 4.78 is 10.9. The number of fused-ring (bicyclic) bond motifs is 1. The summed E-state index contributed by atoms with van der Waals surface area (Å²) in [5, 5.41) is 2.77. The second-order valence-corrected chi connectivity index (χ2v) is 4.71.